The highest BCUT2D eigenvalue weighted by molar-refractivity contribution is 7.92. The minimum atomic E-state index is -4.27. The molecule has 40 heavy (non-hydrogen) atoms. The molecule has 9 nitrogen and oxygen atoms in total. The van der Waals surface area contributed by atoms with Crippen LogP contribution in [0, 0.1) is 0 Å². The highest BCUT2D eigenvalue weighted by Gasteiger charge is 2.33. The zero-order valence-electron chi connectivity index (χ0n) is 22.6. The Balaban J connectivity index is 2.08. The number of rotatable bonds is 12. The van der Waals surface area contributed by atoms with Gasteiger partial charge in [-0.3, -0.25) is 13.9 Å². The van der Waals surface area contributed by atoms with Crippen LogP contribution < -0.4 is 19.1 Å². The summed E-state index contributed by atoms with van der Waals surface area (Å²) in [6.45, 7) is 3.07. The van der Waals surface area contributed by atoms with E-state index in [9.17, 15) is 18.0 Å². The summed E-state index contributed by atoms with van der Waals surface area (Å²) in [6.07, 6.45) is 0. The van der Waals surface area contributed by atoms with E-state index in [1.54, 1.807) is 56.3 Å². The van der Waals surface area contributed by atoms with Crippen LogP contribution in [0.4, 0.5) is 5.69 Å². The van der Waals surface area contributed by atoms with Gasteiger partial charge in [0.1, 0.15) is 24.1 Å². The van der Waals surface area contributed by atoms with Gasteiger partial charge in [0.05, 0.1) is 34.8 Å². The molecule has 0 aliphatic heterocycles. The maximum Gasteiger partial charge on any atom is 0.264 e. The molecular formula is C28H31Cl2N3O6S. The summed E-state index contributed by atoms with van der Waals surface area (Å²) in [5, 5.41) is 3.34. The third-order valence-electron chi connectivity index (χ3n) is 6.14. The maximum atomic E-state index is 14.0. The molecule has 3 aromatic carbocycles. The van der Waals surface area contributed by atoms with E-state index in [1.807, 2.05) is 0 Å². The number of hydrogen-bond donors (Lipinski definition) is 1. The van der Waals surface area contributed by atoms with Gasteiger partial charge in [-0.1, -0.05) is 41.4 Å². The van der Waals surface area contributed by atoms with Gasteiger partial charge in [0.2, 0.25) is 11.8 Å². The van der Waals surface area contributed by atoms with Crippen molar-refractivity contribution in [2.75, 3.05) is 31.6 Å². The minimum Gasteiger partial charge on any atom is -0.497 e. The van der Waals surface area contributed by atoms with E-state index in [-0.39, 0.29) is 27.9 Å². The van der Waals surface area contributed by atoms with Crippen molar-refractivity contribution in [3.63, 3.8) is 0 Å². The Labute approximate surface area is 244 Å². The van der Waals surface area contributed by atoms with Crippen molar-refractivity contribution in [2.24, 2.45) is 0 Å². The Kier molecular flexibility index (Phi) is 10.7. The summed E-state index contributed by atoms with van der Waals surface area (Å²) in [5.74, 6) is -0.284. The van der Waals surface area contributed by atoms with E-state index in [0.29, 0.717) is 22.9 Å². The highest BCUT2D eigenvalue weighted by atomic mass is 35.5. The number of amides is 2. The zero-order valence-corrected chi connectivity index (χ0v) is 24.9. The smallest absolute Gasteiger partial charge is 0.264 e. The van der Waals surface area contributed by atoms with Gasteiger partial charge >= 0.3 is 0 Å². The second-order valence-electron chi connectivity index (χ2n) is 8.70. The largest absolute Gasteiger partial charge is 0.497 e. The normalized spacial score (nSPS) is 11.8. The number of methoxy groups -OCH3 is 2. The molecule has 0 heterocycles. The number of para-hydroxylation sites is 2. The van der Waals surface area contributed by atoms with Crippen LogP contribution in [0.2, 0.25) is 10.0 Å². The average molecular weight is 609 g/mol. The maximum absolute atomic E-state index is 14.0. The van der Waals surface area contributed by atoms with Crippen LogP contribution in [-0.2, 0) is 26.2 Å². The molecule has 3 rings (SSSR count). The van der Waals surface area contributed by atoms with E-state index in [0.717, 1.165) is 4.31 Å². The molecule has 0 fully saturated rings. The molecule has 1 atom stereocenters. The van der Waals surface area contributed by atoms with Crippen molar-refractivity contribution in [3.8, 4) is 11.5 Å². The van der Waals surface area contributed by atoms with Gasteiger partial charge in [-0.25, -0.2) is 8.42 Å². The Bertz CT molecular complexity index is 1450. The summed E-state index contributed by atoms with van der Waals surface area (Å²) < 4.78 is 39.5. The van der Waals surface area contributed by atoms with Gasteiger partial charge in [-0.2, -0.15) is 0 Å². The molecular weight excluding hydrogens is 577 g/mol. The SMILES string of the molecule is CCNC(=O)[C@H](C)N(Cc1ccc(Cl)c(Cl)c1)C(=O)CN(c1ccccc1OC)S(=O)(=O)c1ccc(OC)cc1. The van der Waals surface area contributed by atoms with Gasteiger partial charge in [0, 0.05) is 13.1 Å². The minimum absolute atomic E-state index is 0.0175. The number of nitrogens with zero attached hydrogens (tertiary/aromatic N) is 2. The summed E-state index contributed by atoms with van der Waals surface area (Å²) in [4.78, 5) is 28.0. The van der Waals surface area contributed by atoms with Crippen molar-refractivity contribution in [1.82, 2.24) is 10.2 Å². The molecule has 0 bridgehead atoms. The molecule has 0 radical (unpaired) electrons. The van der Waals surface area contributed by atoms with Crippen molar-refractivity contribution < 1.29 is 27.5 Å². The first-order chi connectivity index (χ1) is 19.0. The van der Waals surface area contributed by atoms with Crippen LogP contribution >= 0.6 is 23.2 Å². The molecule has 3 aromatic rings. The van der Waals surface area contributed by atoms with Crippen molar-refractivity contribution >= 4 is 50.7 Å². The third-order valence-corrected chi connectivity index (χ3v) is 8.65. The monoisotopic (exact) mass is 607 g/mol. The predicted molar refractivity (Wildman–Crippen MR) is 156 cm³/mol. The predicted octanol–water partition coefficient (Wildman–Crippen LogP) is 4.76. The molecule has 2 amide bonds. The van der Waals surface area contributed by atoms with Gasteiger partial charge < -0.3 is 19.7 Å². The third kappa shape index (κ3) is 7.18. The van der Waals surface area contributed by atoms with Gasteiger partial charge in [0.25, 0.3) is 10.0 Å². The molecule has 0 aliphatic rings. The highest BCUT2D eigenvalue weighted by Crippen LogP contribution is 2.33. The van der Waals surface area contributed by atoms with Crippen molar-refractivity contribution in [3.05, 3.63) is 82.3 Å². The van der Waals surface area contributed by atoms with E-state index in [4.69, 9.17) is 32.7 Å². The van der Waals surface area contributed by atoms with Crippen LogP contribution in [0.5, 0.6) is 11.5 Å². The summed E-state index contributed by atoms with van der Waals surface area (Å²) in [5.41, 5.74) is 0.773. The quantitative estimate of drug-likeness (QED) is 0.318. The number of sulfonamides is 1. The Morgan fingerprint density at radius 1 is 0.950 bits per heavy atom. The van der Waals surface area contributed by atoms with Crippen molar-refractivity contribution in [1.29, 1.82) is 0 Å². The Hall–Kier alpha value is -3.47. The van der Waals surface area contributed by atoms with Gasteiger partial charge in [-0.15, -0.1) is 0 Å². The lowest BCUT2D eigenvalue weighted by Crippen LogP contribution is -2.51. The lowest BCUT2D eigenvalue weighted by atomic mass is 10.1. The fourth-order valence-corrected chi connectivity index (χ4v) is 5.71. The van der Waals surface area contributed by atoms with Gasteiger partial charge in [0.15, 0.2) is 0 Å². The summed E-state index contributed by atoms with van der Waals surface area (Å²) in [6, 6.07) is 16.2. The van der Waals surface area contributed by atoms with Crippen molar-refractivity contribution in [2.45, 2.75) is 31.3 Å². The molecule has 0 saturated carbocycles. The molecule has 0 spiro atoms. The number of nitrogens with one attached hydrogen (secondary N) is 1. The fraction of sp³-hybridized carbons (Fsp3) is 0.286. The second kappa shape index (κ2) is 13.7. The number of anilines is 1. The molecule has 0 aromatic heterocycles. The zero-order chi connectivity index (χ0) is 29.4. The number of ether oxygens (including phenoxy) is 2. The van der Waals surface area contributed by atoms with E-state index in [1.165, 1.54) is 43.4 Å². The van der Waals surface area contributed by atoms with E-state index >= 15 is 0 Å². The first kappa shape index (κ1) is 31.1. The first-order valence-corrected chi connectivity index (χ1v) is 14.5. The van der Waals surface area contributed by atoms with Crippen LogP contribution in [0.3, 0.4) is 0 Å². The van der Waals surface area contributed by atoms with E-state index < -0.39 is 34.4 Å². The molecule has 0 unspecified atom stereocenters. The number of likely N-dealkylation sites (N-methyl/N-ethyl adjacent to an activating group) is 1. The standard InChI is InChI=1S/C28H31Cl2N3O6S/c1-5-31-28(35)19(2)32(17-20-10-15-23(29)24(30)16-20)27(34)18-33(25-8-6-7-9-26(25)39-4)40(36,37)22-13-11-21(38-3)12-14-22/h6-16,19H,5,17-18H2,1-4H3,(H,31,35)/t19-/m0/s1. The van der Waals surface area contributed by atoms with Crippen LogP contribution in [0.15, 0.2) is 71.6 Å². The second-order valence-corrected chi connectivity index (χ2v) is 11.4. The number of benzene rings is 3. The van der Waals surface area contributed by atoms with Gasteiger partial charge in [-0.05, 0) is 67.9 Å². The fourth-order valence-electron chi connectivity index (χ4n) is 3.96. The summed E-state index contributed by atoms with van der Waals surface area (Å²) in [7, 11) is -1.39. The summed E-state index contributed by atoms with van der Waals surface area (Å²) >= 11 is 12.2. The average Bonchev–Trinajstić information content (AvgIpc) is 2.96. The Morgan fingerprint density at radius 3 is 2.23 bits per heavy atom. The lowest BCUT2D eigenvalue weighted by Gasteiger charge is -2.32. The molecule has 1 N–H and O–H groups in total. The molecule has 12 heteroatoms. The number of halogens is 2. The van der Waals surface area contributed by atoms with Crippen LogP contribution in [0.1, 0.15) is 19.4 Å². The van der Waals surface area contributed by atoms with E-state index in [2.05, 4.69) is 5.32 Å². The number of hydrogen-bond acceptors (Lipinski definition) is 6. The first-order valence-electron chi connectivity index (χ1n) is 12.3. The van der Waals surface area contributed by atoms with Crippen LogP contribution in [-0.4, -0.2) is 58.5 Å². The Morgan fingerprint density at radius 2 is 1.62 bits per heavy atom. The molecule has 214 valence electrons. The topological polar surface area (TPSA) is 105 Å². The molecule has 0 aliphatic carbocycles. The molecule has 0 saturated heterocycles. The number of carbonyl (C=O) groups excluding carboxylic acids is 2. The van der Waals surface area contributed by atoms with Crippen LogP contribution in [0.25, 0.3) is 0 Å². The lowest BCUT2D eigenvalue weighted by molar-refractivity contribution is -0.139. The number of carbonyl (C=O) groups is 2.